The van der Waals surface area contributed by atoms with Gasteiger partial charge in [0.05, 0.1) is 25.6 Å². The van der Waals surface area contributed by atoms with Gasteiger partial charge in [0.25, 0.3) is 0 Å². The Balaban J connectivity index is 1.69. The average Bonchev–Trinajstić information content (AvgIpc) is 0.746. The van der Waals surface area contributed by atoms with E-state index in [0.717, 1.165) is 50.6 Å². The number of ether oxygens (including phenoxy) is 2. The minimum absolute atomic E-state index is 0.0234. The quantitative estimate of drug-likeness (QED) is 0.0556. The molecule has 0 aliphatic rings. The minimum Gasteiger partial charge on any atom is -0.504 e. The molecule has 92 heavy (non-hydrogen) atoms. The molecule has 6 nitrogen and oxygen atoms in total. The number of nitrogens with zero attached hydrogens (tertiary/aromatic N) is 2. The van der Waals surface area contributed by atoms with Gasteiger partial charge < -0.3 is 19.7 Å². The second-order valence-electron chi connectivity index (χ2n) is 19.1. The first-order valence-electron chi connectivity index (χ1n) is 23.7. The number of hydrogen-bond donors (Lipinski definition) is 2. The molecule has 0 atom stereocenters. The van der Waals surface area contributed by atoms with Crippen molar-refractivity contribution in [1.29, 1.82) is 0 Å². The number of para-hydroxylation sites is 2. The van der Waals surface area contributed by atoms with Crippen LogP contribution in [0.1, 0.15) is 22.3 Å². The van der Waals surface area contributed by atoms with Crippen LogP contribution in [0.5, 0.6) is 23.0 Å². The predicted molar refractivity (Wildman–Crippen MR) is 250 cm³/mol. The van der Waals surface area contributed by atoms with Crippen LogP contribution in [0.25, 0.3) is 32.7 Å². The molecule has 0 aliphatic carbocycles. The maximum Gasteiger partial charge on any atom is 0.460 e. The van der Waals surface area contributed by atoms with Gasteiger partial charge in [0, 0.05) is 45.8 Å². The van der Waals surface area contributed by atoms with Crippen LogP contribution >= 0.6 is 0 Å². The van der Waals surface area contributed by atoms with Gasteiger partial charge in [-0.25, -0.2) is 0 Å². The van der Waals surface area contributed by atoms with Crippen molar-refractivity contribution in [2.45, 2.75) is 95.3 Å². The minimum atomic E-state index is -9.05. The molecule has 40 heteroatoms. The number of methoxy groups -OCH3 is 2. The third-order valence-corrected chi connectivity index (χ3v) is 13.6. The summed E-state index contributed by atoms with van der Waals surface area (Å²) in [4.78, 5) is 8.08. The van der Waals surface area contributed by atoms with Crippen molar-refractivity contribution in [2.24, 2.45) is 9.98 Å². The molecule has 6 rings (SSSR count). The Hall–Kier alpha value is -8.00. The number of aliphatic imine (C=N–C) groups is 2. The van der Waals surface area contributed by atoms with E-state index in [0.29, 0.717) is 36.7 Å². The third kappa shape index (κ3) is 10.3. The monoisotopic (exact) mass is 1390 g/mol. The van der Waals surface area contributed by atoms with E-state index in [1.54, 1.807) is 0 Å². The molecule has 0 aromatic heterocycles. The SMILES string of the molecule is COc1cccc(C=Nc2ccc3cc(C(F)(F)C(F)(F)C(F)(F)C(F)(F)C(F)(F)C(F)(F)C(F)(F)C(F)(F)F)ccc3c2-c2c(N=Cc3cccc(OC)c3O)ccc3cc(C(F)(F)C(F)(F)C(F)(F)C(F)(F)C(F)(F)C(F)(F)C(F)(F)C(F)(F)F)ccc23)c1O. The van der Waals surface area contributed by atoms with Crippen LogP contribution in [0, 0.1) is 0 Å². The van der Waals surface area contributed by atoms with Crippen LogP contribution in [-0.2, 0) is 11.8 Å². The van der Waals surface area contributed by atoms with Crippen molar-refractivity contribution in [2.75, 3.05) is 14.2 Å². The highest BCUT2D eigenvalue weighted by atomic mass is 19.4. The second-order valence-corrected chi connectivity index (χ2v) is 19.1. The smallest absolute Gasteiger partial charge is 0.460 e. The predicted octanol–water partition coefficient (Wildman–Crippen LogP) is 19.5. The van der Waals surface area contributed by atoms with Gasteiger partial charge in [-0.15, -0.1) is 0 Å². The van der Waals surface area contributed by atoms with E-state index in [1.807, 2.05) is 0 Å². The van der Waals surface area contributed by atoms with Gasteiger partial charge in [-0.1, -0.05) is 48.5 Å². The molecule has 0 saturated carbocycles. The molecule has 0 amide bonds. The molecular formula is C52H26F34N2O4. The van der Waals surface area contributed by atoms with E-state index < -0.39 is 197 Å². The van der Waals surface area contributed by atoms with Gasteiger partial charge in [-0.2, -0.15) is 149 Å². The lowest BCUT2D eigenvalue weighted by molar-refractivity contribution is -0.462. The Bertz CT molecular complexity index is 3600. The lowest BCUT2D eigenvalue weighted by Gasteiger charge is -2.42. The van der Waals surface area contributed by atoms with Gasteiger partial charge >= 0.3 is 95.3 Å². The summed E-state index contributed by atoms with van der Waals surface area (Å²) in [5.41, 5.74) is -10.2. The van der Waals surface area contributed by atoms with Crippen molar-refractivity contribution in [3.05, 3.63) is 119 Å². The van der Waals surface area contributed by atoms with Crippen LogP contribution in [0.2, 0.25) is 0 Å². The Morgan fingerprint density at radius 1 is 0.315 bits per heavy atom. The Labute approximate surface area is 486 Å². The fourth-order valence-corrected chi connectivity index (χ4v) is 8.35. The second kappa shape index (κ2) is 22.4. The summed E-state index contributed by atoms with van der Waals surface area (Å²) < 4.78 is 498. The number of rotatable bonds is 21. The lowest BCUT2D eigenvalue weighted by Crippen LogP contribution is -2.74. The summed E-state index contributed by atoms with van der Waals surface area (Å²) in [5.74, 6) is -122. The molecular weight excluding hydrogens is 1360 g/mol. The van der Waals surface area contributed by atoms with Gasteiger partial charge in [0.1, 0.15) is 0 Å². The Morgan fingerprint density at radius 2 is 0.576 bits per heavy atom. The first-order chi connectivity index (χ1) is 41.3. The fourth-order valence-electron chi connectivity index (χ4n) is 8.35. The number of halogens is 34. The zero-order valence-electron chi connectivity index (χ0n) is 43.8. The van der Waals surface area contributed by atoms with E-state index in [4.69, 9.17) is 9.47 Å². The van der Waals surface area contributed by atoms with E-state index in [-0.39, 0.29) is 23.6 Å². The van der Waals surface area contributed by atoms with Crippen LogP contribution in [0.3, 0.4) is 0 Å². The van der Waals surface area contributed by atoms with Gasteiger partial charge in [0.2, 0.25) is 0 Å². The zero-order valence-corrected chi connectivity index (χ0v) is 43.8. The highest BCUT2D eigenvalue weighted by Crippen LogP contribution is 2.68. The molecule has 0 aliphatic heterocycles. The van der Waals surface area contributed by atoms with Crippen molar-refractivity contribution in [3.63, 3.8) is 0 Å². The number of benzene rings is 6. The van der Waals surface area contributed by atoms with E-state index in [1.165, 1.54) is 0 Å². The highest BCUT2D eigenvalue weighted by Gasteiger charge is 2.97. The van der Waals surface area contributed by atoms with Crippen LogP contribution in [0.15, 0.2) is 107 Å². The molecule has 6 aromatic carbocycles. The Kier molecular flexibility index (Phi) is 17.8. The molecule has 2 N–H and O–H groups in total. The Morgan fingerprint density at radius 3 is 0.837 bits per heavy atom. The standard InChI is InChI=1S/C52H26F34N2O4/c1-91-31-7-3-5-23(35(31)89)19-87-29-15-9-21-17-25(37(53,54)39(57,58)41(61,62)43(65,66)45(69,70)47(73,74)49(77,78)51(81,82)83)11-13-27(21)33(29)34-28-14-12-26(18-22(28)10-16-30(34)88-20-24-6-4-8-32(92-2)36(24)90)38(55,56)40(59,60)42(63,64)44(67,68)46(71,72)48(75,76)50(79,80)52(84,85)86/h3-20,89-90H,1-2H3. The summed E-state index contributed by atoms with van der Waals surface area (Å²) in [6.07, 6.45) is -14.9. The molecule has 0 bridgehead atoms. The summed E-state index contributed by atoms with van der Waals surface area (Å²) in [5, 5.41) is 17.0. The summed E-state index contributed by atoms with van der Waals surface area (Å²) >= 11 is 0. The molecule has 0 radical (unpaired) electrons. The number of alkyl halides is 34. The molecule has 6 aromatic rings. The molecule has 0 saturated heterocycles. The first-order valence-corrected chi connectivity index (χ1v) is 23.7. The number of hydrogen-bond acceptors (Lipinski definition) is 6. The maximum absolute atomic E-state index is 15.9. The topological polar surface area (TPSA) is 83.6 Å². The van der Waals surface area contributed by atoms with Crippen LogP contribution in [-0.4, -0.2) is 120 Å². The molecule has 0 fully saturated rings. The van der Waals surface area contributed by atoms with Crippen molar-refractivity contribution in [3.8, 4) is 34.1 Å². The van der Waals surface area contributed by atoms with E-state index >= 15 is 52.7 Å². The zero-order chi connectivity index (χ0) is 70.8. The third-order valence-electron chi connectivity index (χ3n) is 13.6. The molecule has 0 heterocycles. The lowest BCUT2D eigenvalue weighted by atomic mass is 9.85. The van der Waals surface area contributed by atoms with Crippen molar-refractivity contribution < 1.29 is 169 Å². The number of phenolic OH excluding ortho intramolecular Hbond substituents is 2. The molecule has 0 spiro atoms. The van der Waals surface area contributed by atoms with E-state index in [9.17, 15) is 107 Å². The van der Waals surface area contributed by atoms with Crippen LogP contribution in [0.4, 0.5) is 161 Å². The number of aromatic hydroxyl groups is 2. The molecule has 506 valence electrons. The molecule has 0 unspecified atom stereocenters. The first kappa shape index (κ1) is 73.1. The average molecular weight is 1390 g/mol. The summed E-state index contributed by atoms with van der Waals surface area (Å²) in [6, 6.07) is 6.02. The normalized spacial score (nSPS) is 15.0. The number of fused-ring (bicyclic) bond motifs is 2. The summed E-state index contributed by atoms with van der Waals surface area (Å²) in [6.45, 7) is 0. The number of phenols is 2. The van der Waals surface area contributed by atoms with E-state index in [2.05, 4.69) is 9.98 Å². The summed E-state index contributed by atoms with van der Waals surface area (Å²) in [7, 11) is 1.96. The van der Waals surface area contributed by atoms with Gasteiger partial charge in [-0.05, 0) is 70.1 Å². The highest BCUT2D eigenvalue weighted by molar-refractivity contribution is 6.14. The maximum atomic E-state index is 15.9. The van der Waals surface area contributed by atoms with Gasteiger partial charge in [-0.3, -0.25) is 9.98 Å². The van der Waals surface area contributed by atoms with Crippen molar-refractivity contribution in [1.82, 2.24) is 0 Å². The largest absolute Gasteiger partial charge is 0.504 e. The van der Waals surface area contributed by atoms with Gasteiger partial charge in [0.15, 0.2) is 23.0 Å². The fraction of sp³-hybridized carbons (Fsp3) is 0.346. The van der Waals surface area contributed by atoms with Crippen LogP contribution < -0.4 is 9.47 Å². The van der Waals surface area contributed by atoms with Crippen molar-refractivity contribution >= 4 is 45.3 Å².